The van der Waals surface area contributed by atoms with Crippen LogP contribution in [0.4, 0.5) is 20.2 Å². The van der Waals surface area contributed by atoms with E-state index in [1.807, 2.05) is 0 Å². The second-order valence-electron chi connectivity index (χ2n) is 4.62. The molecule has 112 valence electrons. The number of rotatable bonds is 3. The average Bonchev–Trinajstić information content (AvgIpc) is 2.39. The van der Waals surface area contributed by atoms with Crippen LogP contribution >= 0.6 is 0 Å². The second kappa shape index (κ2) is 5.33. The van der Waals surface area contributed by atoms with Gasteiger partial charge in [0.05, 0.1) is 5.69 Å². The molecule has 0 amide bonds. The SMILES string of the molecule is Cc1ccc(NS(=O)(=O)c2c(F)cccc2F)c(C)c1N. The summed E-state index contributed by atoms with van der Waals surface area (Å²) in [4.78, 5) is -1.01. The number of nitrogens with two attached hydrogens (primary N) is 1. The Hall–Kier alpha value is -2.15. The third-order valence-electron chi connectivity index (χ3n) is 3.16. The Kier molecular flexibility index (Phi) is 3.87. The first-order valence-electron chi connectivity index (χ1n) is 6.06. The predicted molar refractivity (Wildman–Crippen MR) is 77.5 cm³/mol. The Labute approximate surface area is 121 Å². The Morgan fingerprint density at radius 3 is 2.19 bits per heavy atom. The van der Waals surface area contributed by atoms with Crippen LogP contribution in [0, 0.1) is 25.5 Å². The summed E-state index contributed by atoms with van der Waals surface area (Å²) in [6.07, 6.45) is 0. The number of aryl methyl sites for hydroxylation is 1. The summed E-state index contributed by atoms with van der Waals surface area (Å²) in [5, 5.41) is 0. The van der Waals surface area contributed by atoms with Gasteiger partial charge in [-0.3, -0.25) is 4.72 Å². The van der Waals surface area contributed by atoms with Gasteiger partial charge in [0, 0.05) is 5.69 Å². The normalized spacial score (nSPS) is 11.4. The van der Waals surface area contributed by atoms with Crippen LogP contribution in [0.1, 0.15) is 11.1 Å². The molecule has 0 saturated carbocycles. The molecule has 0 spiro atoms. The number of nitrogens with one attached hydrogen (secondary N) is 1. The van der Waals surface area contributed by atoms with Gasteiger partial charge in [0.15, 0.2) is 4.90 Å². The monoisotopic (exact) mass is 312 g/mol. The maximum atomic E-state index is 13.6. The van der Waals surface area contributed by atoms with E-state index in [9.17, 15) is 17.2 Å². The third kappa shape index (κ3) is 2.82. The molecular weight excluding hydrogens is 298 g/mol. The van der Waals surface area contributed by atoms with E-state index in [-0.39, 0.29) is 5.69 Å². The van der Waals surface area contributed by atoms with Crippen LogP contribution in [0.2, 0.25) is 0 Å². The molecule has 7 heteroatoms. The minimum absolute atomic E-state index is 0.181. The van der Waals surface area contributed by atoms with E-state index >= 15 is 0 Å². The van der Waals surface area contributed by atoms with Crippen LogP contribution in [0.15, 0.2) is 35.2 Å². The highest BCUT2D eigenvalue weighted by Crippen LogP contribution is 2.28. The first kappa shape index (κ1) is 15.2. The molecule has 0 fully saturated rings. The lowest BCUT2D eigenvalue weighted by Gasteiger charge is -2.14. The van der Waals surface area contributed by atoms with Crippen molar-refractivity contribution in [2.75, 3.05) is 10.5 Å². The molecule has 0 aliphatic rings. The molecule has 0 radical (unpaired) electrons. The molecule has 21 heavy (non-hydrogen) atoms. The molecule has 3 N–H and O–H groups in total. The van der Waals surface area contributed by atoms with Crippen molar-refractivity contribution in [2.24, 2.45) is 0 Å². The lowest BCUT2D eigenvalue weighted by Crippen LogP contribution is -2.17. The smallest absolute Gasteiger partial charge is 0.267 e. The third-order valence-corrected chi connectivity index (χ3v) is 4.58. The maximum absolute atomic E-state index is 13.6. The van der Waals surface area contributed by atoms with E-state index < -0.39 is 26.6 Å². The van der Waals surface area contributed by atoms with Crippen molar-refractivity contribution in [1.29, 1.82) is 0 Å². The number of hydrogen-bond donors (Lipinski definition) is 2. The molecular formula is C14H14F2N2O2S. The summed E-state index contributed by atoms with van der Waals surface area (Å²) in [5.41, 5.74) is 7.70. The Morgan fingerprint density at radius 1 is 1.05 bits per heavy atom. The number of benzene rings is 2. The second-order valence-corrected chi connectivity index (χ2v) is 6.24. The van der Waals surface area contributed by atoms with E-state index in [1.165, 1.54) is 6.07 Å². The summed E-state index contributed by atoms with van der Waals surface area (Å²) >= 11 is 0. The van der Waals surface area contributed by atoms with Gasteiger partial charge in [-0.15, -0.1) is 0 Å². The molecule has 0 saturated heterocycles. The van der Waals surface area contributed by atoms with Gasteiger partial charge >= 0.3 is 0 Å². The van der Waals surface area contributed by atoms with Crippen LogP contribution in [0.25, 0.3) is 0 Å². The first-order chi connectivity index (χ1) is 9.74. The molecule has 0 heterocycles. The Morgan fingerprint density at radius 2 is 1.62 bits per heavy atom. The van der Waals surface area contributed by atoms with Crippen molar-refractivity contribution in [1.82, 2.24) is 0 Å². The average molecular weight is 312 g/mol. The van der Waals surface area contributed by atoms with Crippen LogP contribution in [-0.2, 0) is 10.0 Å². The fraction of sp³-hybridized carbons (Fsp3) is 0.143. The molecule has 0 unspecified atom stereocenters. The lowest BCUT2D eigenvalue weighted by molar-refractivity contribution is 0.521. The van der Waals surface area contributed by atoms with Gasteiger partial charge < -0.3 is 5.73 Å². The molecule has 2 rings (SSSR count). The van der Waals surface area contributed by atoms with Crippen LogP contribution in [0.5, 0.6) is 0 Å². The number of halogens is 2. The van der Waals surface area contributed by atoms with Crippen molar-refractivity contribution in [3.05, 3.63) is 53.1 Å². The number of nitrogen functional groups attached to an aromatic ring is 1. The van der Waals surface area contributed by atoms with Crippen molar-refractivity contribution in [3.63, 3.8) is 0 Å². The minimum Gasteiger partial charge on any atom is -0.398 e. The minimum atomic E-state index is -4.38. The zero-order valence-corrected chi connectivity index (χ0v) is 12.3. The molecule has 0 aliphatic heterocycles. The zero-order chi connectivity index (χ0) is 15.8. The van der Waals surface area contributed by atoms with E-state index in [0.717, 1.165) is 23.8 Å². The molecule has 0 atom stereocenters. The van der Waals surface area contributed by atoms with E-state index in [4.69, 9.17) is 5.73 Å². The highest BCUT2D eigenvalue weighted by molar-refractivity contribution is 7.92. The first-order valence-corrected chi connectivity index (χ1v) is 7.55. The van der Waals surface area contributed by atoms with E-state index in [1.54, 1.807) is 19.9 Å². The molecule has 0 aromatic heterocycles. The van der Waals surface area contributed by atoms with E-state index in [2.05, 4.69) is 4.72 Å². The lowest BCUT2D eigenvalue weighted by atomic mass is 10.1. The van der Waals surface area contributed by atoms with Crippen molar-refractivity contribution >= 4 is 21.4 Å². The van der Waals surface area contributed by atoms with Crippen LogP contribution < -0.4 is 10.5 Å². The quantitative estimate of drug-likeness (QED) is 0.856. The predicted octanol–water partition coefficient (Wildman–Crippen LogP) is 2.96. The van der Waals surface area contributed by atoms with Crippen molar-refractivity contribution in [3.8, 4) is 0 Å². The van der Waals surface area contributed by atoms with Gasteiger partial charge in [0.2, 0.25) is 0 Å². The number of sulfonamides is 1. The van der Waals surface area contributed by atoms with E-state index in [0.29, 0.717) is 11.3 Å². The Balaban J connectivity index is 2.51. The van der Waals surface area contributed by atoms with Gasteiger partial charge in [-0.25, -0.2) is 17.2 Å². The van der Waals surface area contributed by atoms with Gasteiger partial charge in [-0.2, -0.15) is 0 Å². The summed E-state index contributed by atoms with van der Waals surface area (Å²) in [6.45, 7) is 3.40. The highest BCUT2D eigenvalue weighted by atomic mass is 32.2. The van der Waals surface area contributed by atoms with Gasteiger partial charge in [-0.1, -0.05) is 12.1 Å². The summed E-state index contributed by atoms with van der Waals surface area (Å²) in [7, 11) is -4.38. The van der Waals surface area contributed by atoms with Gasteiger partial charge in [0.1, 0.15) is 11.6 Å². The zero-order valence-electron chi connectivity index (χ0n) is 11.4. The molecule has 4 nitrogen and oxygen atoms in total. The fourth-order valence-electron chi connectivity index (χ4n) is 1.91. The summed E-state index contributed by atoms with van der Waals surface area (Å²) in [5.74, 6) is -2.31. The molecule has 2 aromatic rings. The van der Waals surface area contributed by atoms with Crippen molar-refractivity contribution < 1.29 is 17.2 Å². The summed E-state index contributed by atoms with van der Waals surface area (Å²) < 4.78 is 53.7. The molecule has 2 aromatic carbocycles. The summed E-state index contributed by atoms with van der Waals surface area (Å²) in [6, 6.07) is 5.98. The van der Waals surface area contributed by atoms with Crippen LogP contribution in [-0.4, -0.2) is 8.42 Å². The van der Waals surface area contributed by atoms with Crippen molar-refractivity contribution in [2.45, 2.75) is 18.7 Å². The maximum Gasteiger partial charge on any atom is 0.267 e. The largest absolute Gasteiger partial charge is 0.398 e. The van der Waals surface area contributed by atoms with Gasteiger partial charge in [-0.05, 0) is 43.2 Å². The number of anilines is 2. The van der Waals surface area contributed by atoms with Gasteiger partial charge in [0.25, 0.3) is 10.0 Å². The Bertz CT molecular complexity index is 785. The molecule has 0 bridgehead atoms. The fourth-order valence-corrected chi connectivity index (χ4v) is 3.17. The standard InChI is InChI=1S/C14H14F2N2O2S/c1-8-6-7-12(9(2)13(8)17)18-21(19,20)14-10(15)4-3-5-11(14)16/h3-7,18H,17H2,1-2H3. The highest BCUT2D eigenvalue weighted by Gasteiger charge is 2.24. The number of hydrogen-bond acceptors (Lipinski definition) is 3. The molecule has 0 aliphatic carbocycles. The topological polar surface area (TPSA) is 72.2 Å². The van der Waals surface area contributed by atoms with Crippen LogP contribution in [0.3, 0.4) is 0 Å².